The number of nitrogens with one attached hydrogen (secondary N) is 1. The zero-order valence-electron chi connectivity index (χ0n) is 16.5. The third kappa shape index (κ3) is 5.65. The predicted molar refractivity (Wildman–Crippen MR) is 119 cm³/mol. The van der Waals surface area contributed by atoms with E-state index in [0.29, 0.717) is 41.0 Å². The van der Waals surface area contributed by atoms with E-state index in [0.717, 1.165) is 11.1 Å². The highest BCUT2D eigenvalue weighted by molar-refractivity contribution is 6.31. The van der Waals surface area contributed by atoms with Crippen molar-refractivity contribution in [2.24, 2.45) is 0 Å². The van der Waals surface area contributed by atoms with Gasteiger partial charge in [0, 0.05) is 47.4 Å². The SMILES string of the molecule is O=C(Nc1cccc(OCc2ccccc2Cl)c1)c1ccnc(Cc2ccncc2)n1. The Balaban J connectivity index is 1.41. The van der Waals surface area contributed by atoms with Crippen LogP contribution in [0.2, 0.25) is 5.02 Å². The molecule has 2 heterocycles. The van der Waals surface area contributed by atoms with Crippen LogP contribution in [0.25, 0.3) is 0 Å². The molecule has 0 atom stereocenters. The Morgan fingerprint density at radius 2 is 1.81 bits per heavy atom. The van der Waals surface area contributed by atoms with Gasteiger partial charge in [-0.3, -0.25) is 9.78 Å². The summed E-state index contributed by atoms with van der Waals surface area (Å²) in [5, 5.41) is 3.51. The fourth-order valence-corrected chi connectivity index (χ4v) is 3.12. The van der Waals surface area contributed by atoms with Crippen LogP contribution in [-0.4, -0.2) is 20.9 Å². The van der Waals surface area contributed by atoms with Crippen molar-refractivity contribution in [1.82, 2.24) is 15.0 Å². The van der Waals surface area contributed by atoms with E-state index in [9.17, 15) is 4.79 Å². The first kappa shape index (κ1) is 20.5. The molecule has 0 aliphatic carbocycles. The summed E-state index contributed by atoms with van der Waals surface area (Å²) in [6, 6.07) is 20.1. The third-order valence-corrected chi connectivity index (χ3v) is 4.86. The molecule has 4 aromatic rings. The fourth-order valence-electron chi connectivity index (χ4n) is 2.93. The van der Waals surface area contributed by atoms with E-state index in [1.54, 1.807) is 36.8 Å². The number of rotatable bonds is 7. The first-order valence-corrected chi connectivity index (χ1v) is 10.0. The number of halogens is 1. The van der Waals surface area contributed by atoms with E-state index in [1.807, 2.05) is 48.5 Å². The summed E-state index contributed by atoms with van der Waals surface area (Å²) in [6.07, 6.45) is 5.54. The highest BCUT2D eigenvalue weighted by Crippen LogP contribution is 2.21. The van der Waals surface area contributed by atoms with Crippen LogP contribution in [0.1, 0.15) is 27.4 Å². The minimum Gasteiger partial charge on any atom is -0.489 e. The molecule has 1 amide bonds. The Morgan fingerprint density at radius 3 is 2.65 bits per heavy atom. The maximum absolute atomic E-state index is 12.7. The lowest BCUT2D eigenvalue weighted by Crippen LogP contribution is -2.15. The van der Waals surface area contributed by atoms with Crippen LogP contribution in [-0.2, 0) is 13.0 Å². The molecule has 0 radical (unpaired) electrons. The van der Waals surface area contributed by atoms with E-state index in [1.165, 1.54) is 0 Å². The number of ether oxygens (including phenoxy) is 1. The van der Waals surface area contributed by atoms with Gasteiger partial charge in [-0.1, -0.05) is 35.9 Å². The normalized spacial score (nSPS) is 10.5. The maximum Gasteiger partial charge on any atom is 0.274 e. The van der Waals surface area contributed by atoms with Crippen LogP contribution in [0.4, 0.5) is 5.69 Å². The van der Waals surface area contributed by atoms with Gasteiger partial charge in [0.05, 0.1) is 0 Å². The van der Waals surface area contributed by atoms with Crippen molar-refractivity contribution in [2.45, 2.75) is 13.0 Å². The number of nitrogens with zero attached hydrogens (tertiary/aromatic N) is 3. The van der Waals surface area contributed by atoms with E-state index < -0.39 is 0 Å². The van der Waals surface area contributed by atoms with Gasteiger partial charge in [-0.15, -0.1) is 0 Å². The summed E-state index contributed by atoms with van der Waals surface area (Å²) in [5.41, 5.74) is 2.81. The lowest BCUT2D eigenvalue weighted by atomic mass is 10.2. The quantitative estimate of drug-likeness (QED) is 0.449. The molecule has 4 rings (SSSR count). The van der Waals surface area contributed by atoms with Gasteiger partial charge in [-0.25, -0.2) is 9.97 Å². The number of anilines is 1. The Labute approximate surface area is 184 Å². The summed E-state index contributed by atoms with van der Waals surface area (Å²) in [5.74, 6) is 0.871. The summed E-state index contributed by atoms with van der Waals surface area (Å²) < 4.78 is 5.82. The summed E-state index contributed by atoms with van der Waals surface area (Å²) in [4.78, 5) is 25.3. The van der Waals surface area contributed by atoms with Crippen molar-refractivity contribution in [1.29, 1.82) is 0 Å². The Hall–Kier alpha value is -3.77. The van der Waals surface area contributed by atoms with Gasteiger partial charge in [-0.05, 0) is 42.0 Å². The molecule has 0 bridgehead atoms. The molecule has 7 heteroatoms. The molecule has 0 aliphatic heterocycles. The van der Waals surface area contributed by atoms with Crippen LogP contribution in [0, 0.1) is 0 Å². The lowest BCUT2D eigenvalue weighted by Gasteiger charge is -2.10. The molecule has 6 nitrogen and oxygen atoms in total. The highest BCUT2D eigenvalue weighted by atomic mass is 35.5. The number of carbonyl (C=O) groups excluding carboxylic acids is 1. The third-order valence-electron chi connectivity index (χ3n) is 4.49. The average molecular weight is 431 g/mol. The van der Waals surface area contributed by atoms with Gasteiger partial charge < -0.3 is 10.1 Å². The van der Waals surface area contributed by atoms with Gasteiger partial charge in [0.15, 0.2) is 0 Å². The minimum absolute atomic E-state index is 0.293. The average Bonchev–Trinajstić information content (AvgIpc) is 2.80. The Bertz CT molecular complexity index is 1180. The molecule has 0 fully saturated rings. The zero-order chi connectivity index (χ0) is 21.5. The van der Waals surface area contributed by atoms with Crippen LogP contribution >= 0.6 is 11.6 Å². The molecule has 0 saturated carbocycles. The zero-order valence-corrected chi connectivity index (χ0v) is 17.3. The molecule has 0 saturated heterocycles. The number of carbonyl (C=O) groups is 1. The van der Waals surface area contributed by atoms with Crippen LogP contribution in [0.5, 0.6) is 5.75 Å². The lowest BCUT2D eigenvalue weighted by molar-refractivity contribution is 0.102. The maximum atomic E-state index is 12.7. The van der Waals surface area contributed by atoms with Gasteiger partial charge in [0.2, 0.25) is 0 Å². The molecule has 0 aliphatic rings. The molecule has 2 aromatic heterocycles. The molecule has 0 unspecified atom stereocenters. The Morgan fingerprint density at radius 1 is 0.968 bits per heavy atom. The molecule has 1 N–H and O–H groups in total. The first-order valence-electron chi connectivity index (χ1n) is 9.66. The second-order valence-electron chi connectivity index (χ2n) is 6.75. The number of pyridine rings is 1. The largest absolute Gasteiger partial charge is 0.489 e. The topological polar surface area (TPSA) is 77.0 Å². The smallest absolute Gasteiger partial charge is 0.274 e. The highest BCUT2D eigenvalue weighted by Gasteiger charge is 2.10. The number of benzene rings is 2. The minimum atomic E-state index is -0.318. The van der Waals surface area contributed by atoms with Crippen molar-refractivity contribution < 1.29 is 9.53 Å². The van der Waals surface area contributed by atoms with Gasteiger partial charge in [0.1, 0.15) is 23.9 Å². The molecule has 2 aromatic carbocycles. The van der Waals surface area contributed by atoms with E-state index >= 15 is 0 Å². The van der Waals surface area contributed by atoms with Crippen LogP contribution in [0.3, 0.4) is 0 Å². The standard InChI is InChI=1S/C24H19ClN4O2/c25-21-7-2-1-4-18(21)16-31-20-6-3-5-19(15-20)28-24(30)22-10-13-27-23(29-22)14-17-8-11-26-12-9-17/h1-13,15H,14,16H2,(H,28,30). The van der Waals surface area contributed by atoms with Crippen LogP contribution < -0.4 is 10.1 Å². The number of hydrogen-bond acceptors (Lipinski definition) is 5. The van der Waals surface area contributed by atoms with E-state index in [2.05, 4.69) is 20.3 Å². The van der Waals surface area contributed by atoms with Gasteiger partial charge >= 0.3 is 0 Å². The molecular formula is C24H19ClN4O2. The summed E-state index contributed by atoms with van der Waals surface area (Å²) in [7, 11) is 0. The van der Waals surface area contributed by atoms with Crippen molar-refractivity contribution in [3.63, 3.8) is 0 Å². The molecule has 154 valence electrons. The predicted octanol–water partition coefficient (Wildman–Crippen LogP) is 4.95. The summed E-state index contributed by atoms with van der Waals surface area (Å²) >= 11 is 6.17. The van der Waals surface area contributed by atoms with E-state index in [4.69, 9.17) is 16.3 Å². The van der Waals surface area contributed by atoms with Crippen molar-refractivity contribution in [3.05, 3.63) is 113 Å². The summed E-state index contributed by atoms with van der Waals surface area (Å²) in [6.45, 7) is 0.335. The molecular weight excluding hydrogens is 412 g/mol. The number of amides is 1. The second kappa shape index (κ2) is 9.82. The van der Waals surface area contributed by atoms with Crippen LogP contribution in [0.15, 0.2) is 85.3 Å². The van der Waals surface area contributed by atoms with Gasteiger partial charge in [-0.2, -0.15) is 0 Å². The van der Waals surface area contributed by atoms with Gasteiger partial charge in [0.25, 0.3) is 5.91 Å². The number of hydrogen-bond donors (Lipinski definition) is 1. The fraction of sp³-hybridized carbons (Fsp3) is 0.0833. The number of aromatic nitrogens is 3. The van der Waals surface area contributed by atoms with Crippen molar-refractivity contribution in [2.75, 3.05) is 5.32 Å². The van der Waals surface area contributed by atoms with Crippen molar-refractivity contribution >= 4 is 23.2 Å². The monoisotopic (exact) mass is 430 g/mol. The molecule has 0 spiro atoms. The first-order chi connectivity index (χ1) is 15.2. The second-order valence-corrected chi connectivity index (χ2v) is 7.16. The molecule has 31 heavy (non-hydrogen) atoms. The Kier molecular flexibility index (Phi) is 6.50. The van der Waals surface area contributed by atoms with E-state index in [-0.39, 0.29) is 5.91 Å². The van der Waals surface area contributed by atoms with Crippen molar-refractivity contribution in [3.8, 4) is 5.75 Å².